The molecule has 2 aromatic carbocycles. The van der Waals surface area contributed by atoms with Gasteiger partial charge in [0, 0.05) is 42.9 Å². The molecule has 7 nitrogen and oxygen atoms in total. The summed E-state index contributed by atoms with van der Waals surface area (Å²) in [7, 11) is 3.09. The van der Waals surface area contributed by atoms with E-state index in [1.165, 1.54) is 19.2 Å². The first-order valence-electron chi connectivity index (χ1n) is 11.3. The number of carbonyl (C=O) groups is 1. The molecule has 1 aliphatic heterocycles. The van der Waals surface area contributed by atoms with Crippen molar-refractivity contribution in [1.29, 1.82) is 0 Å². The molecule has 1 saturated heterocycles. The fourth-order valence-electron chi connectivity index (χ4n) is 3.97. The average molecular weight is 461 g/mol. The zero-order chi connectivity index (χ0) is 23.8. The van der Waals surface area contributed by atoms with Crippen LogP contribution in [-0.2, 0) is 6.54 Å². The maximum Gasteiger partial charge on any atom is 0.324 e. The summed E-state index contributed by atoms with van der Waals surface area (Å²) in [5.41, 5.74) is 1.22. The summed E-state index contributed by atoms with van der Waals surface area (Å²) in [5.74, 6) is 1.13. The van der Waals surface area contributed by atoms with Crippen LogP contribution in [0, 0.1) is 11.7 Å². The molecule has 0 aliphatic carbocycles. The number of aliphatic hydroxyl groups is 1. The molecular weight excluding hydrogens is 427 g/mol. The number of nitrogens with zero attached hydrogens (tertiary/aromatic N) is 2. The Hall–Kier alpha value is -3.00. The standard InChI is InChI=1S/C25H33FN2O5/c1-4-5-6-11-33-24-13-21(8-10-23(24)32-3)28-15-18(17-29)14-27(25(28)30)16-19-12-20(26)7-9-22(19)31-2/h7-10,12-13,18,29H,4-6,11,14-17H2,1-3H3. The Bertz CT molecular complexity index is 939. The molecule has 180 valence electrons. The maximum atomic E-state index is 13.9. The molecule has 2 aromatic rings. The zero-order valence-electron chi connectivity index (χ0n) is 19.6. The van der Waals surface area contributed by atoms with Gasteiger partial charge in [-0.3, -0.25) is 4.90 Å². The van der Waals surface area contributed by atoms with Crippen molar-refractivity contribution >= 4 is 11.7 Å². The molecule has 1 N–H and O–H groups in total. The second-order valence-corrected chi connectivity index (χ2v) is 8.17. The topological polar surface area (TPSA) is 71.5 Å². The lowest BCUT2D eigenvalue weighted by molar-refractivity contribution is 0.143. The summed E-state index contributed by atoms with van der Waals surface area (Å²) in [6.45, 7) is 3.52. The highest BCUT2D eigenvalue weighted by Gasteiger charge is 2.33. The molecule has 1 fully saturated rings. The van der Waals surface area contributed by atoms with Gasteiger partial charge in [-0.15, -0.1) is 0 Å². The summed E-state index contributed by atoms with van der Waals surface area (Å²) in [5, 5.41) is 9.88. The van der Waals surface area contributed by atoms with Crippen molar-refractivity contribution in [2.24, 2.45) is 5.92 Å². The summed E-state index contributed by atoms with van der Waals surface area (Å²) in [4.78, 5) is 16.6. The number of hydrogen-bond acceptors (Lipinski definition) is 5. The number of halogens is 1. The highest BCUT2D eigenvalue weighted by atomic mass is 19.1. The van der Waals surface area contributed by atoms with Crippen LogP contribution in [0.5, 0.6) is 17.2 Å². The van der Waals surface area contributed by atoms with E-state index >= 15 is 0 Å². The van der Waals surface area contributed by atoms with Crippen LogP contribution >= 0.6 is 0 Å². The molecule has 1 heterocycles. The molecule has 33 heavy (non-hydrogen) atoms. The summed E-state index contributed by atoms with van der Waals surface area (Å²) in [6.07, 6.45) is 3.10. The minimum absolute atomic E-state index is 0.0723. The minimum atomic E-state index is -0.397. The Morgan fingerprint density at radius 1 is 1.03 bits per heavy atom. The van der Waals surface area contributed by atoms with E-state index in [-0.39, 0.29) is 25.1 Å². The van der Waals surface area contributed by atoms with E-state index in [4.69, 9.17) is 14.2 Å². The smallest absolute Gasteiger partial charge is 0.324 e. The van der Waals surface area contributed by atoms with Gasteiger partial charge < -0.3 is 24.2 Å². The summed E-state index contributed by atoms with van der Waals surface area (Å²) < 4.78 is 30.5. The van der Waals surface area contributed by atoms with Crippen LogP contribution in [0.2, 0.25) is 0 Å². The number of benzene rings is 2. The third-order valence-corrected chi connectivity index (χ3v) is 5.75. The number of aliphatic hydroxyl groups excluding tert-OH is 1. The van der Waals surface area contributed by atoms with Crippen molar-refractivity contribution in [1.82, 2.24) is 4.90 Å². The Morgan fingerprint density at radius 3 is 2.48 bits per heavy atom. The molecule has 3 rings (SSSR count). The Kier molecular flexibility index (Phi) is 8.77. The molecule has 0 aromatic heterocycles. The second-order valence-electron chi connectivity index (χ2n) is 8.17. The van der Waals surface area contributed by atoms with Crippen LogP contribution in [0.4, 0.5) is 14.9 Å². The molecule has 0 radical (unpaired) electrons. The Morgan fingerprint density at radius 2 is 1.79 bits per heavy atom. The number of amides is 2. The van der Waals surface area contributed by atoms with Gasteiger partial charge in [-0.05, 0) is 36.8 Å². The first-order valence-corrected chi connectivity index (χ1v) is 11.3. The average Bonchev–Trinajstić information content (AvgIpc) is 2.83. The fourth-order valence-corrected chi connectivity index (χ4v) is 3.97. The van der Waals surface area contributed by atoms with Crippen LogP contribution in [0.1, 0.15) is 31.7 Å². The van der Waals surface area contributed by atoms with Gasteiger partial charge in [0.2, 0.25) is 0 Å². The van der Waals surface area contributed by atoms with Gasteiger partial charge >= 0.3 is 6.03 Å². The number of rotatable bonds is 11. The van der Waals surface area contributed by atoms with Gasteiger partial charge in [0.05, 0.1) is 27.4 Å². The predicted molar refractivity (Wildman–Crippen MR) is 125 cm³/mol. The third kappa shape index (κ3) is 6.07. The van der Waals surface area contributed by atoms with Gasteiger partial charge in [0.25, 0.3) is 0 Å². The van der Waals surface area contributed by atoms with Gasteiger partial charge in [-0.1, -0.05) is 19.8 Å². The van der Waals surface area contributed by atoms with Crippen LogP contribution in [0.15, 0.2) is 36.4 Å². The predicted octanol–water partition coefficient (Wildman–Crippen LogP) is 4.46. The van der Waals surface area contributed by atoms with Gasteiger partial charge in [-0.2, -0.15) is 0 Å². The number of methoxy groups -OCH3 is 2. The third-order valence-electron chi connectivity index (χ3n) is 5.75. The van der Waals surface area contributed by atoms with E-state index in [9.17, 15) is 14.3 Å². The van der Waals surface area contributed by atoms with Crippen molar-refractivity contribution < 1.29 is 28.5 Å². The number of urea groups is 1. The van der Waals surface area contributed by atoms with E-state index in [0.717, 1.165) is 19.3 Å². The van der Waals surface area contributed by atoms with Crippen LogP contribution in [0.25, 0.3) is 0 Å². The van der Waals surface area contributed by atoms with Crippen LogP contribution < -0.4 is 19.1 Å². The second kappa shape index (κ2) is 11.7. The quantitative estimate of drug-likeness (QED) is 0.501. The SMILES string of the molecule is CCCCCOc1cc(N2CC(CO)CN(Cc3cc(F)ccc3OC)C2=O)ccc1OC. The number of carbonyl (C=O) groups excluding carboxylic acids is 1. The van der Waals surface area contributed by atoms with Crippen LogP contribution in [0.3, 0.4) is 0 Å². The van der Waals surface area contributed by atoms with Crippen molar-refractivity contribution in [2.75, 3.05) is 45.4 Å². The molecule has 1 aliphatic rings. The minimum Gasteiger partial charge on any atom is -0.496 e. The number of ether oxygens (including phenoxy) is 3. The molecular formula is C25H33FN2O5. The highest BCUT2D eigenvalue weighted by Crippen LogP contribution is 2.34. The van der Waals surface area contributed by atoms with Gasteiger partial charge in [0.15, 0.2) is 11.5 Å². The molecule has 1 unspecified atom stereocenters. The molecule has 0 saturated carbocycles. The first kappa shape index (κ1) is 24.6. The van der Waals surface area contributed by atoms with E-state index in [1.807, 2.05) is 0 Å². The van der Waals surface area contributed by atoms with E-state index in [0.29, 0.717) is 48.2 Å². The van der Waals surface area contributed by atoms with Crippen molar-refractivity contribution in [2.45, 2.75) is 32.7 Å². The first-order chi connectivity index (χ1) is 16.0. The Labute approximate surface area is 194 Å². The molecule has 2 amide bonds. The Balaban J connectivity index is 1.85. The molecule has 8 heteroatoms. The molecule has 0 bridgehead atoms. The van der Waals surface area contributed by atoms with Gasteiger partial charge in [0.1, 0.15) is 11.6 Å². The van der Waals surface area contributed by atoms with Gasteiger partial charge in [-0.25, -0.2) is 9.18 Å². The van der Waals surface area contributed by atoms with E-state index < -0.39 is 5.82 Å². The van der Waals surface area contributed by atoms with E-state index in [2.05, 4.69) is 6.92 Å². The van der Waals surface area contributed by atoms with Crippen molar-refractivity contribution in [3.8, 4) is 17.2 Å². The summed E-state index contributed by atoms with van der Waals surface area (Å²) in [6, 6.07) is 9.39. The molecule has 1 atom stereocenters. The lowest BCUT2D eigenvalue weighted by Gasteiger charge is -2.40. The van der Waals surface area contributed by atoms with Crippen molar-refractivity contribution in [3.63, 3.8) is 0 Å². The maximum absolute atomic E-state index is 13.9. The van der Waals surface area contributed by atoms with Crippen LogP contribution in [-0.4, -0.2) is 56.6 Å². The van der Waals surface area contributed by atoms with Crippen molar-refractivity contribution in [3.05, 3.63) is 47.8 Å². The summed E-state index contributed by atoms with van der Waals surface area (Å²) >= 11 is 0. The number of hydrogen-bond donors (Lipinski definition) is 1. The largest absolute Gasteiger partial charge is 0.496 e. The highest BCUT2D eigenvalue weighted by molar-refractivity contribution is 5.93. The molecule has 0 spiro atoms. The number of anilines is 1. The lowest BCUT2D eigenvalue weighted by atomic mass is 10.0. The zero-order valence-corrected chi connectivity index (χ0v) is 19.6. The van der Waals surface area contributed by atoms with E-state index in [1.54, 1.807) is 41.2 Å². The fraction of sp³-hybridized carbons (Fsp3) is 0.480. The normalized spacial score (nSPS) is 16.2. The lowest BCUT2D eigenvalue weighted by Crippen LogP contribution is -2.54. The monoisotopic (exact) mass is 460 g/mol. The number of unbranched alkanes of at least 4 members (excludes halogenated alkanes) is 2.